The Hall–Kier alpha value is -2.35. The summed E-state index contributed by atoms with van der Waals surface area (Å²) in [6.45, 7) is 5.03. The Morgan fingerprint density at radius 2 is 1.55 bits per heavy atom. The molecular formula is C19H25Cl2N5O6S. The van der Waals surface area contributed by atoms with Gasteiger partial charge in [-0.25, -0.2) is 0 Å². The van der Waals surface area contributed by atoms with Gasteiger partial charge in [-0.2, -0.15) is 5.11 Å². The molecule has 0 aliphatic rings. The molecule has 11 nitrogen and oxygen atoms in total. The summed E-state index contributed by atoms with van der Waals surface area (Å²) in [6.07, 6.45) is 0. The number of hydrogen-bond donors (Lipinski definition) is 0. The van der Waals surface area contributed by atoms with Gasteiger partial charge in [0.05, 0.1) is 54.9 Å². The third-order valence-corrected chi connectivity index (χ3v) is 4.69. The van der Waals surface area contributed by atoms with Crippen molar-refractivity contribution in [1.29, 1.82) is 0 Å². The van der Waals surface area contributed by atoms with E-state index >= 15 is 0 Å². The van der Waals surface area contributed by atoms with Crippen molar-refractivity contribution in [2.45, 2.75) is 6.92 Å². The highest BCUT2D eigenvalue weighted by molar-refractivity contribution is 7.79. The van der Waals surface area contributed by atoms with Gasteiger partial charge >= 0.3 is 1.43 Å². The van der Waals surface area contributed by atoms with Crippen LogP contribution in [0.4, 0.5) is 22.7 Å². The number of likely N-dealkylation sites (N-methyl/N-ethyl adjacent to an activating group) is 2. The van der Waals surface area contributed by atoms with Crippen molar-refractivity contribution in [2.24, 2.45) is 10.2 Å². The fraction of sp³-hybridized carbons (Fsp3) is 0.368. The minimum absolute atomic E-state index is 0. The van der Waals surface area contributed by atoms with Crippen LogP contribution in [0.2, 0.25) is 10.0 Å². The molecule has 0 bridgehead atoms. The maximum atomic E-state index is 10.8. The molecule has 0 atom stereocenters. The lowest BCUT2D eigenvalue weighted by atomic mass is 10.2. The van der Waals surface area contributed by atoms with Crippen LogP contribution in [0.25, 0.3) is 0 Å². The Morgan fingerprint density at radius 1 is 1.06 bits per heavy atom. The van der Waals surface area contributed by atoms with Crippen LogP contribution in [0.5, 0.6) is 0 Å². The van der Waals surface area contributed by atoms with Crippen LogP contribution in [-0.2, 0) is 10.4 Å². The standard InChI is InChI=1S/C19H24Cl2N5O2.H2O4S/c1-5-24(10-11-26(2,3)4)15-8-6-14(7-9-15)22-23-19-17(20)12-16(25(27)28)13-18(19)21;1-5(2,3)4/h6-9,12-13H,5,10-11H2,1-4H3;(H2,1,2,3,4)/q+1;/p-1. The second-order valence-electron chi connectivity index (χ2n) is 7.73. The highest BCUT2D eigenvalue weighted by Gasteiger charge is 2.15. The predicted molar refractivity (Wildman–Crippen MR) is 126 cm³/mol. The topological polar surface area (TPSA) is 151 Å². The number of non-ortho nitro benzene ring substituents is 1. The van der Waals surface area contributed by atoms with Gasteiger partial charge in [-0.05, 0) is 31.2 Å². The number of azo groups is 1. The van der Waals surface area contributed by atoms with Crippen molar-refractivity contribution < 1.29 is 28.4 Å². The molecule has 0 saturated carbocycles. The van der Waals surface area contributed by atoms with Gasteiger partial charge < -0.3 is 18.5 Å². The van der Waals surface area contributed by atoms with Crippen LogP contribution in [0.3, 0.4) is 0 Å². The average Bonchev–Trinajstić information content (AvgIpc) is 2.66. The van der Waals surface area contributed by atoms with E-state index in [0.717, 1.165) is 29.8 Å². The van der Waals surface area contributed by atoms with Crippen LogP contribution in [0.1, 0.15) is 8.35 Å². The smallest absolute Gasteiger partial charge is 0.759 e. The Bertz CT molecular complexity index is 1060. The first kappa shape index (κ1) is 28.7. The van der Waals surface area contributed by atoms with Gasteiger partial charge in [-0.1, -0.05) is 23.2 Å². The quantitative estimate of drug-likeness (QED) is 0.122. The zero-order chi connectivity index (χ0) is 25.4. The summed E-state index contributed by atoms with van der Waals surface area (Å²) in [5, 5.41) is 19.2. The maximum Gasteiger partial charge on any atom is 1.00 e. The number of anilines is 1. The number of rotatable bonds is 8. The molecule has 0 spiro atoms. The van der Waals surface area contributed by atoms with E-state index in [1.165, 1.54) is 12.1 Å². The number of benzene rings is 2. The summed E-state index contributed by atoms with van der Waals surface area (Å²) in [5.74, 6) is 0. The third kappa shape index (κ3) is 11.4. The Balaban J connectivity index is 0.00000164. The van der Waals surface area contributed by atoms with E-state index in [1.54, 1.807) is 0 Å². The molecular weight excluding hydrogens is 497 g/mol. The zero-order valence-electron chi connectivity index (χ0n) is 19.4. The molecule has 2 rings (SSSR count). The fourth-order valence-electron chi connectivity index (χ4n) is 2.48. The Labute approximate surface area is 204 Å². The van der Waals surface area contributed by atoms with E-state index < -0.39 is 15.3 Å². The summed E-state index contributed by atoms with van der Waals surface area (Å²) in [6, 6.07) is 10.1. The van der Waals surface area contributed by atoms with E-state index in [2.05, 4.69) is 43.2 Å². The van der Waals surface area contributed by atoms with Crippen LogP contribution in [-0.4, -0.2) is 67.7 Å². The molecule has 33 heavy (non-hydrogen) atoms. The molecule has 0 heterocycles. The van der Waals surface area contributed by atoms with Crippen molar-refractivity contribution in [3.8, 4) is 0 Å². The predicted octanol–water partition coefficient (Wildman–Crippen LogP) is 4.62. The zero-order valence-corrected chi connectivity index (χ0v) is 20.8. The van der Waals surface area contributed by atoms with E-state index in [9.17, 15) is 10.1 Å². The molecule has 14 heteroatoms. The summed E-state index contributed by atoms with van der Waals surface area (Å²) < 4.78 is 35.0. The summed E-state index contributed by atoms with van der Waals surface area (Å²) in [4.78, 5) is 12.6. The molecule has 2 aromatic carbocycles. The van der Waals surface area contributed by atoms with Crippen molar-refractivity contribution in [2.75, 3.05) is 45.7 Å². The van der Waals surface area contributed by atoms with Gasteiger partial charge in [0.15, 0.2) is 0 Å². The van der Waals surface area contributed by atoms with Crippen LogP contribution < -0.4 is 4.90 Å². The molecule has 0 amide bonds. The number of hydrogen-bond acceptors (Lipinski definition) is 9. The second kappa shape index (κ2) is 12.2. The van der Waals surface area contributed by atoms with Crippen LogP contribution in [0.15, 0.2) is 46.6 Å². The number of halogens is 2. The van der Waals surface area contributed by atoms with Crippen molar-refractivity contribution in [3.63, 3.8) is 0 Å². The van der Waals surface area contributed by atoms with Crippen LogP contribution in [0, 0.1) is 10.1 Å². The average molecular weight is 522 g/mol. The molecule has 182 valence electrons. The fourth-order valence-corrected chi connectivity index (χ4v) is 3.03. The lowest BCUT2D eigenvalue weighted by molar-refractivity contribution is -0.868. The van der Waals surface area contributed by atoms with Gasteiger partial charge in [0, 0.05) is 34.8 Å². The largest absolute Gasteiger partial charge is 1.00 e. The lowest BCUT2D eigenvalue weighted by Crippen LogP contribution is -2.42. The van der Waals surface area contributed by atoms with Crippen molar-refractivity contribution >= 4 is 56.4 Å². The molecule has 0 aromatic heterocycles. The van der Waals surface area contributed by atoms with E-state index in [-0.39, 0.29) is 22.8 Å². The summed E-state index contributed by atoms with van der Waals surface area (Å²) >= 11 is 12.1. The third-order valence-electron chi connectivity index (χ3n) is 4.12. The first-order valence-corrected chi connectivity index (χ1v) is 11.6. The van der Waals surface area contributed by atoms with Crippen molar-refractivity contribution in [3.05, 3.63) is 56.6 Å². The Kier molecular flexibility index (Phi) is 10.6. The number of nitro groups is 1. The summed E-state index contributed by atoms with van der Waals surface area (Å²) in [5.41, 5.74) is 1.76. The number of quaternary nitrogens is 1. The molecule has 0 fully saturated rings. The molecule has 0 aliphatic carbocycles. The monoisotopic (exact) mass is 521 g/mol. The minimum Gasteiger partial charge on any atom is -0.759 e. The van der Waals surface area contributed by atoms with Crippen molar-refractivity contribution in [1.82, 2.24) is 0 Å². The lowest BCUT2D eigenvalue weighted by Gasteiger charge is -2.29. The molecule has 0 unspecified atom stereocenters. The molecule has 0 N–H and O–H groups in total. The first-order chi connectivity index (χ1) is 15.1. The van der Waals surface area contributed by atoms with E-state index in [1.807, 2.05) is 24.3 Å². The molecule has 0 radical (unpaired) electrons. The van der Waals surface area contributed by atoms with Gasteiger partial charge in [0.2, 0.25) is 0 Å². The maximum absolute atomic E-state index is 10.8. The van der Waals surface area contributed by atoms with Gasteiger partial charge in [0.25, 0.3) is 5.69 Å². The molecule has 0 aliphatic heterocycles. The van der Waals surface area contributed by atoms with E-state index in [4.69, 9.17) is 40.7 Å². The van der Waals surface area contributed by atoms with E-state index in [0.29, 0.717) is 5.69 Å². The van der Waals surface area contributed by atoms with Gasteiger partial charge in [-0.15, -0.1) is 5.11 Å². The Morgan fingerprint density at radius 3 is 1.94 bits per heavy atom. The number of nitrogens with zero attached hydrogens (tertiary/aromatic N) is 5. The highest BCUT2D eigenvalue weighted by atomic mass is 35.5. The minimum atomic E-state index is -5.17. The molecule has 2 aromatic rings. The van der Waals surface area contributed by atoms with Crippen LogP contribution >= 0.6 is 23.2 Å². The summed E-state index contributed by atoms with van der Waals surface area (Å²) in [7, 11) is 1.35. The van der Waals surface area contributed by atoms with Gasteiger partial charge in [-0.3, -0.25) is 18.5 Å². The first-order valence-electron chi connectivity index (χ1n) is 9.48. The normalized spacial score (nSPS) is 11.8. The highest BCUT2D eigenvalue weighted by Crippen LogP contribution is 2.37. The molecule has 0 saturated heterocycles. The van der Waals surface area contributed by atoms with Gasteiger partial charge in [0.1, 0.15) is 5.69 Å². The SMILES string of the molecule is CCN(CC[N+](C)(C)C)c1ccc(N=Nc2c(Cl)cc([N+](=O)[O-])cc2Cl)cc1.O=S(=O)([O-])[O-].[H+]. The second-order valence-corrected chi connectivity index (χ2v) is 9.36. The number of nitro benzene ring substituents is 1.